The molecule has 0 saturated carbocycles. The molecule has 0 aliphatic heterocycles. The number of aliphatic hydroxyl groups is 1. The van der Waals surface area contributed by atoms with Crippen LogP contribution in [0.25, 0.3) is 0 Å². The summed E-state index contributed by atoms with van der Waals surface area (Å²) in [6.07, 6.45) is -6.34. The fraction of sp³-hybridized carbons (Fsp3) is 0.455. The first-order chi connectivity index (χ1) is 7.45. The van der Waals surface area contributed by atoms with Gasteiger partial charge in [0.25, 0.3) is 0 Å². The van der Waals surface area contributed by atoms with Gasteiger partial charge in [-0.25, -0.2) is 0 Å². The molecule has 90 valence electrons. The molecule has 16 heavy (non-hydrogen) atoms. The zero-order chi connectivity index (χ0) is 12.2. The van der Waals surface area contributed by atoms with Crippen LogP contribution < -0.4 is 4.74 Å². The van der Waals surface area contributed by atoms with Crippen LogP contribution >= 0.6 is 0 Å². The van der Waals surface area contributed by atoms with E-state index in [0.29, 0.717) is 12.4 Å². The lowest BCUT2D eigenvalue weighted by atomic mass is 10.1. The molecule has 0 aromatic heterocycles. The molecule has 1 N–H and O–H groups in total. The van der Waals surface area contributed by atoms with E-state index in [4.69, 9.17) is 9.84 Å². The molecule has 1 atom stereocenters. The minimum atomic E-state index is -4.65. The van der Waals surface area contributed by atoms with Crippen molar-refractivity contribution >= 4 is 0 Å². The standard InChI is InChI=1S/C11H13F3O2/c1-2-6-16-9-5-3-4-8(7-9)10(15)11(12,13)14/h3-5,7,10,15H,2,6H2,1H3. The summed E-state index contributed by atoms with van der Waals surface area (Å²) in [5.74, 6) is 0.336. The van der Waals surface area contributed by atoms with Gasteiger partial charge in [-0.2, -0.15) is 13.2 Å². The van der Waals surface area contributed by atoms with E-state index in [0.717, 1.165) is 6.42 Å². The summed E-state index contributed by atoms with van der Waals surface area (Å²) in [7, 11) is 0. The fourth-order valence-electron chi connectivity index (χ4n) is 1.18. The predicted molar refractivity (Wildman–Crippen MR) is 53.2 cm³/mol. The second-order valence-corrected chi connectivity index (χ2v) is 3.37. The molecule has 1 rings (SSSR count). The van der Waals surface area contributed by atoms with Crippen LogP contribution in [0.5, 0.6) is 5.75 Å². The van der Waals surface area contributed by atoms with E-state index in [-0.39, 0.29) is 5.56 Å². The fourth-order valence-corrected chi connectivity index (χ4v) is 1.18. The maximum Gasteiger partial charge on any atom is 0.418 e. The summed E-state index contributed by atoms with van der Waals surface area (Å²) in [4.78, 5) is 0. The highest BCUT2D eigenvalue weighted by molar-refractivity contribution is 5.30. The van der Waals surface area contributed by atoms with E-state index in [2.05, 4.69) is 0 Å². The molecule has 0 aliphatic rings. The van der Waals surface area contributed by atoms with Gasteiger partial charge in [0.1, 0.15) is 5.75 Å². The van der Waals surface area contributed by atoms with Gasteiger partial charge in [0.15, 0.2) is 6.10 Å². The summed E-state index contributed by atoms with van der Waals surface area (Å²) >= 11 is 0. The van der Waals surface area contributed by atoms with Crippen LogP contribution in [0, 0.1) is 0 Å². The van der Waals surface area contributed by atoms with Crippen LogP contribution in [0.2, 0.25) is 0 Å². The predicted octanol–water partition coefficient (Wildman–Crippen LogP) is 3.07. The lowest BCUT2D eigenvalue weighted by molar-refractivity contribution is -0.206. The van der Waals surface area contributed by atoms with Crippen molar-refractivity contribution in [1.82, 2.24) is 0 Å². The van der Waals surface area contributed by atoms with Crippen LogP contribution in [0.15, 0.2) is 24.3 Å². The number of hydrogen-bond donors (Lipinski definition) is 1. The molecule has 0 fully saturated rings. The van der Waals surface area contributed by atoms with Crippen molar-refractivity contribution in [1.29, 1.82) is 0 Å². The smallest absolute Gasteiger partial charge is 0.418 e. The lowest BCUT2D eigenvalue weighted by Crippen LogP contribution is -2.20. The average Bonchev–Trinajstić information content (AvgIpc) is 2.24. The molecular formula is C11H13F3O2. The third-order valence-electron chi connectivity index (χ3n) is 1.96. The Hall–Kier alpha value is -1.23. The lowest BCUT2D eigenvalue weighted by Gasteiger charge is -2.15. The number of aliphatic hydroxyl groups excluding tert-OH is 1. The number of ether oxygens (including phenoxy) is 1. The van der Waals surface area contributed by atoms with Gasteiger partial charge in [-0.1, -0.05) is 19.1 Å². The van der Waals surface area contributed by atoms with Crippen molar-refractivity contribution in [3.05, 3.63) is 29.8 Å². The molecule has 0 aliphatic carbocycles. The van der Waals surface area contributed by atoms with Gasteiger partial charge < -0.3 is 9.84 Å². The topological polar surface area (TPSA) is 29.5 Å². The molecule has 0 spiro atoms. The highest BCUT2D eigenvalue weighted by atomic mass is 19.4. The number of halogens is 3. The van der Waals surface area contributed by atoms with Gasteiger partial charge in [-0.05, 0) is 24.1 Å². The van der Waals surface area contributed by atoms with Gasteiger partial charge in [0, 0.05) is 0 Å². The van der Waals surface area contributed by atoms with Gasteiger partial charge in [0.2, 0.25) is 0 Å². The number of alkyl halides is 3. The highest BCUT2D eigenvalue weighted by Gasteiger charge is 2.39. The Balaban J connectivity index is 2.81. The minimum Gasteiger partial charge on any atom is -0.494 e. The number of benzene rings is 1. The Bertz CT molecular complexity index is 336. The zero-order valence-corrected chi connectivity index (χ0v) is 8.79. The van der Waals surface area contributed by atoms with Crippen LogP contribution in [0.4, 0.5) is 13.2 Å². The van der Waals surface area contributed by atoms with Crippen molar-refractivity contribution in [3.63, 3.8) is 0 Å². The molecule has 0 heterocycles. The van der Waals surface area contributed by atoms with Crippen LogP contribution in [0.1, 0.15) is 25.0 Å². The quantitative estimate of drug-likeness (QED) is 0.867. The van der Waals surface area contributed by atoms with E-state index in [1.54, 1.807) is 6.07 Å². The second-order valence-electron chi connectivity index (χ2n) is 3.37. The Labute approximate surface area is 91.7 Å². The maximum absolute atomic E-state index is 12.2. The maximum atomic E-state index is 12.2. The second kappa shape index (κ2) is 5.21. The molecule has 5 heteroatoms. The summed E-state index contributed by atoms with van der Waals surface area (Å²) < 4.78 is 41.9. The van der Waals surface area contributed by atoms with Gasteiger partial charge in [-0.3, -0.25) is 0 Å². The van der Waals surface area contributed by atoms with E-state index < -0.39 is 12.3 Å². The molecule has 1 aromatic carbocycles. The number of rotatable bonds is 4. The first-order valence-electron chi connectivity index (χ1n) is 4.92. The van der Waals surface area contributed by atoms with Crippen LogP contribution in [-0.2, 0) is 0 Å². The molecule has 1 aromatic rings. The summed E-state index contributed by atoms with van der Waals surface area (Å²) in [6, 6.07) is 5.41. The molecule has 0 amide bonds. The molecule has 0 bridgehead atoms. The average molecular weight is 234 g/mol. The molecule has 2 nitrogen and oxygen atoms in total. The first kappa shape index (κ1) is 12.8. The highest BCUT2D eigenvalue weighted by Crippen LogP contribution is 2.33. The van der Waals surface area contributed by atoms with Crippen molar-refractivity contribution in [2.24, 2.45) is 0 Å². The Morgan fingerprint density at radius 1 is 1.38 bits per heavy atom. The van der Waals surface area contributed by atoms with Crippen LogP contribution in [0.3, 0.4) is 0 Å². The largest absolute Gasteiger partial charge is 0.494 e. The molecule has 1 unspecified atom stereocenters. The Kier molecular flexibility index (Phi) is 4.18. The first-order valence-corrected chi connectivity index (χ1v) is 4.92. The van der Waals surface area contributed by atoms with Crippen molar-refractivity contribution in [3.8, 4) is 5.75 Å². The van der Waals surface area contributed by atoms with Crippen LogP contribution in [-0.4, -0.2) is 17.9 Å². The van der Waals surface area contributed by atoms with E-state index >= 15 is 0 Å². The number of hydrogen-bond acceptors (Lipinski definition) is 2. The van der Waals surface area contributed by atoms with Gasteiger partial charge in [-0.15, -0.1) is 0 Å². The zero-order valence-electron chi connectivity index (χ0n) is 8.79. The van der Waals surface area contributed by atoms with E-state index in [9.17, 15) is 13.2 Å². The monoisotopic (exact) mass is 234 g/mol. The van der Waals surface area contributed by atoms with Gasteiger partial charge in [0.05, 0.1) is 6.61 Å². The summed E-state index contributed by atoms with van der Waals surface area (Å²) in [6.45, 7) is 2.33. The van der Waals surface area contributed by atoms with E-state index in [1.165, 1.54) is 18.2 Å². The van der Waals surface area contributed by atoms with Crippen molar-refractivity contribution < 1.29 is 23.0 Å². The normalized spacial score (nSPS) is 13.6. The Morgan fingerprint density at radius 2 is 2.06 bits per heavy atom. The Morgan fingerprint density at radius 3 is 2.62 bits per heavy atom. The third kappa shape index (κ3) is 3.41. The molecule has 0 saturated heterocycles. The SMILES string of the molecule is CCCOc1cccc(C(O)C(F)(F)F)c1. The summed E-state index contributed by atoms with van der Waals surface area (Å²) in [5.41, 5.74) is -0.207. The van der Waals surface area contributed by atoms with Crippen molar-refractivity contribution in [2.75, 3.05) is 6.61 Å². The summed E-state index contributed by atoms with van der Waals surface area (Å²) in [5, 5.41) is 9.03. The van der Waals surface area contributed by atoms with Gasteiger partial charge >= 0.3 is 6.18 Å². The molecule has 0 radical (unpaired) electrons. The van der Waals surface area contributed by atoms with E-state index in [1.807, 2.05) is 6.92 Å². The molecular weight excluding hydrogens is 221 g/mol. The third-order valence-corrected chi connectivity index (χ3v) is 1.96. The minimum absolute atomic E-state index is 0.207. The van der Waals surface area contributed by atoms with Crippen molar-refractivity contribution in [2.45, 2.75) is 25.6 Å².